The van der Waals surface area contributed by atoms with E-state index >= 15 is 0 Å². The fourth-order valence-corrected chi connectivity index (χ4v) is 1.52. The quantitative estimate of drug-likeness (QED) is 0.898. The monoisotopic (exact) mass is 252 g/mol. The van der Waals surface area contributed by atoms with Gasteiger partial charge in [-0.15, -0.1) is 0 Å². The smallest absolute Gasteiger partial charge is 0.0929 e. The molecule has 0 saturated heterocycles. The lowest BCUT2D eigenvalue weighted by molar-refractivity contribution is 0.543. The second-order valence-corrected chi connectivity index (χ2v) is 4.21. The highest BCUT2D eigenvalue weighted by molar-refractivity contribution is 9.10. The Hall–Kier alpha value is -0.850. The largest absolute Gasteiger partial charge is 0.296 e. The first kappa shape index (κ1) is 11.2. The van der Waals surface area contributed by atoms with Gasteiger partial charge in [-0.05, 0) is 31.5 Å². The molecule has 14 heavy (non-hydrogen) atoms. The SMILES string of the molecule is CC(C#N)N[C@H](C)c1ccc(Br)cc1. The van der Waals surface area contributed by atoms with Crippen LogP contribution in [0.25, 0.3) is 0 Å². The zero-order chi connectivity index (χ0) is 10.6. The Labute approximate surface area is 93.1 Å². The van der Waals surface area contributed by atoms with Crippen molar-refractivity contribution < 1.29 is 0 Å². The molecule has 0 spiro atoms. The summed E-state index contributed by atoms with van der Waals surface area (Å²) in [6.45, 7) is 3.91. The second-order valence-electron chi connectivity index (χ2n) is 3.29. The number of nitrogens with one attached hydrogen (secondary N) is 1. The molecule has 0 heterocycles. The fourth-order valence-electron chi connectivity index (χ4n) is 1.26. The maximum Gasteiger partial charge on any atom is 0.0929 e. The van der Waals surface area contributed by atoms with Gasteiger partial charge in [-0.1, -0.05) is 28.1 Å². The molecule has 0 aliphatic heterocycles. The average Bonchev–Trinajstić information content (AvgIpc) is 2.18. The van der Waals surface area contributed by atoms with Gasteiger partial charge in [0.25, 0.3) is 0 Å². The minimum Gasteiger partial charge on any atom is -0.296 e. The lowest BCUT2D eigenvalue weighted by atomic mass is 10.1. The van der Waals surface area contributed by atoms with Crippen molar-refractivity contribution in [1.82, 2.24) is 5.32 Å². The van der Waals surface area contributed by atoms with Crippen LogP contribution in [0.4, 0.5) is 0 Å². The van der Waals surface area contributed by atoms with Crippen LogP contribution in [-0.4, -0.2) is 6.04 Å². The number of halogens is 1. The predicted molar refractivity (Wildman–Crippen MR) is 60.8 cm³/mol. The topological polar surface area (TPSA) is 35.8 Å². The molecule has 0 aromatic heterocycles. The predicted octanol–water partition coefficient (Wildman–Crippen LogP) is 3.01. The van der Waals surface area contributed by atoms with Gasteiger partial charge in [-0.25, -0.2) is 0 Å². The minimum absolute atomic E-state index is 0.117. The third-order valence-corrected chi connectivity index (χ3v) is 2.59. The van der Waals surface area contributed by atoms with E-state index in [-0.39, 0.29) is 12.1 Å². The minimum atomic E-state index is -0.117. The molecular formula is C11H13BrN2. The van der Waals surface area contributed by atoms with Crippen LogP contribution >= 0.6 is 15.9 Å². The molecule has 0 fully saturated rings. The van der Waals surface area contributed by atoms with Crippen LogP contribution in [0.3, 0.4) is 0 Å². The molecule has 0 aliphatic carbocycles. The van der Waals surface area contributed by atoms with Crippen LogP contribution in [0, 0.1) is 11.3 Å². The van der Waals surface area contributed by atoms with Crippen LogP contribution in [0.5, 0.6) is 0 Å². The fraction of sp³-hybridized carbons (Fsp3) is 0.364. The molecule has 1 rings (SSSR count). The molecule has 1 N–H and O–H groups in total. The van der Waals surface area contributed by atoms with E-state index < -0.39 is 0 Å². The highest BCUT2D eigenvalue weighted by Crippen LogP contribution is 2.16. The molecule has 2 atom stereocenters. The van der Waals surface area contributed by atoms with Crippen molar-refractivity contribution in [3.8, 4) is 6.07 Å². The van der Waals surface area contributed by atoms with Crippen LogP contribution < -0.4 is 5.32 Å². The number of benzene rings is 1. The maximum atomic E-state index is 8.65. The number of rotatable bonds is 3. The summed E-state index contributed by atoms with van der Waals surface area (Å²) in [6.07, 6.45) is 0. The first-order valence-electron chi connectivity index (χ1n) is 4.54. The highest BCUT2D eigenvalue weighted by Gasteiger charge is 2.07. The molecule has 3 heteroatoms. The van der Waals surface area contributed by atoms with Gasteiger partial charge in [0.2, 0.25) is 0 Å². The summed E-state index contributed by atoms with van der Waals surface area (Å²) in [6, 6.07) is 10.3. The van der Waals surface area contributed by atoms with Crippen molar-refractivity contribution in [1.29, 1.82) is 5.26 Å². The number of nitrogens with zero attached hydrogens (tertiary/aromatic N) is 1. The van der Waals surface area contributed by atoms with E-state index in [2.05, 4.69) is 34.2 Å². The Kier molecular flexibility index (Phi) is 4.12. The standard InChI is InChI=1S/C11H13BrN2/c1-8(7-13)14-9(2)10-3-5-11(12)6-4-10/h3-6,8-9,14H,1-2H3/t8?,9-/m1/s1. The van der Waals surface area contributed by atoms with Gasteiger partial charge < -0.3 is 0 Å². The normalized spacial score (nSPS) is 14.4. The van der Waals surface area contributed by atoms with Gasteiger partial charge in [-0.3, -0.25) is 5.32 Å². The maximum absolute atomic E-state index is 8.65. The molecule has 0 amide bonds. The molecular weight excluding hydrogens is 240 g/mol. The van der Waals surface area contributed by atoms with Gasteiger partial charge >= 0.3 is 0 Å². The van der Waals surface area contributed by atoms with E-state index in [1.54, 1.807) is 0 Å². The first-order valence-corrected chi connectivity index (χ1v) is 5.34. The first-order chi connectivity index (χ1) is 6.63. The van der Waals surface area contributed by atoms with Gasteiger partial charge in [-0.2, -0.15) is 5.26 Å². The summed E-state index contributed by atoms with van der Waals surface area (Å²) >= 11 is 3.39. The Morgan fingerprint density at radius 3 is 2.36 bits per heavy atom. The Morgan fingerprint density at radius 2 is 1.86 bits per heavy atom. The molecule has 0 aliphatic rings. The van der Waals surface area contributed by atoms with E-state index in [4.69, 9.17) is 5.26 Å². The number of hydrogen-bond donors (Lipinski definition) is 1. The third kappa shape index (κ3) is 3.13. The summed E-state index contributed by atoms with van der Waals surface area (Å²) in [5.41, 5.74) is 1.19. The van der Waals surface area contributed by atoms with E-state index in [0.717, 1.165) is 4.47 Å². The number of hydrogen-bond acceptors (Lipinski definition) is 2. The summed E-state index contributed by atoms with van der Waals surface area (Å²) < 4.78 is 1.07. The zero-order valence-corrected chi connectivity index (χ0v) is 9.88. The van der Waals surface area contributed by atoms with Gasteiger partial charge in [0.05, 0.1) is 12.1 Å². The van der Waals surface area contributed by atoms with Crippen molar-refractivity contribution in [3.63, 3.8) is 0 Å². The number of nitriles is 1. The van der Waals surface area contributed by atoms with Gasteiger partial charge in [0, 0.05) is 10.5 Å². The molecule has 1 unspecified atom stereocenters. The summed E-state index contributed by atoms with van der Waals surface area (Å²) in [4.78, 5) is 0. The molecule has 0 radical (unpaired) electrons. The van der Waals surface area contributed by atoms with Crippen LogP contribution in [-0.2, 0) is 0 Å². The molecule has 1 aromatic rings. The van der Waals surface area contributed by atoms with Crippen molar-refractivity contribution in [2.75, 3.05) is 0 Å². The Balaban J connectivity index is 2.66. The van der Waals surface area contributed by atoms with Crippen LogP contribution in [0.15, 0.2) is 28.7 Å². The highest BCUT2D eigenvalue weighted by atomic mass is 79.9. The summed E-state index contributed by atoms with van der Waals surface area (Å²) in [5.74, 6) is 0. The molecule has 0 saturated carbocycles. The molecule has 2 nitrogen and oxygen atoms in total. The van der Waals surface area contributed by atoms with Crippen molar-refractivity contribution in [2.45, 2.75) is 25.9 Å². The molecule has 74 valence electrons. The van der Waals surface area contributed by atoms with Crippen molar-refractivity contribution in [3.05, 3.63) is 34.3 Å². The van der Waals surface area contributed by atoms with Crippen molar-refractivity contribution >= 4 is 15.9 Å². The van der Waals surface area contributed by atoms with E-state index in [9.17, 15) is 0 Å². The second kappa shape index (κ2) is 5.14. The molecule has 1 aromatic carbocycles. The van der Waals surface area contributed by atoms with Crippen LogP contribution in [0.2, 0.25) is 0 Å². The van der Waals surface area contributed by atoms with Gasteiger partial charge in [0.1, 0.15) is 0 Å². The lowest BCUT2D eigenvalue weighted by Gasteiger charge is -2.15. The van der Waals surface area contributed by atoms with Gasteiger partial charge in [0.15, 0.2) is 0 Å². The zero-order valence-electron chi connectivity index (χ0n) is 8.29. The third-order valence-electron chi connectivity index (χ3n) is 2.06. The average molecular weight is 253 g/mol. The Morgan fingerprint density at radius 1 is 1.29 bits per heavy atom. The lowest BCUT2D eigenvalue weighted by Crippen LogP contribution is -2.27. The van der Waals surface area contributed by atoms with Crippen LogP contribution in [0.1, 0.15) is 25.5 Å². The summed E-state index contributed by atoms with van der Waals surface area (Å²) in [5, 5.41) is 11.8. The van der Waals surface area contributed by atoms with E-state index in [1.807, 2.05) is 31.2 Å². The Bertz CT molecular complexity index is 326. The van der Waals surface area contributed by atoms with E-state index in [0.29, 0.717) is 0 Å². The van der Waals surface area contributed by atoms with Crippen molar-refractivity contribution in [2.24, 2.45) is 0 Å². The molecule has 0 bridgehead atoms. The summed E-state index contributed by atoms with van der Waals surface area (Å²) in [7, 11) is 0. The van der Waals surface area contributed by atoms with E-state index in [1.165, 1.54) is 5.56 Å².